The number of rotatable bonds is 5. The summed E-state index contributed by atoms with van der Waals surface area (Å²) in [6, 6.07) is 13.0. The predicted octanol–water partition coefficient (Wildman–Crippen LogP) is 3.18. The Morgan fingerprint density at radius 3 is 2.78 bits per heavy atom. The molecule has 2 aromatic carbocycles. The second kappa shape index (κ2) is 8.68. The highest BCUT2D eigenvalue weighted by molar-refractivity contribution is 7.22. The second-order valence-electron chi connectivity index (χ2n) is 7.71. The molecule has 164 valence electrons. The van der Waals surface area contributed by atoms with Crippen molar-refractivity contribution in [3.63, 3.8) is 0 Å². The van der Waals surface area contributed by atoms with Gasteiger partial charge in [-0.2, -0.15) is 0 Å². The lowest BCUT2D eigenvalue weighted by molar-refractivity contribution is -0.116. The third kappa shape index (κ3) is 4.09. The van der Waals surface area contributed by atoms with Gasteiger partial charge in [0.15, 0.2) is 5.13 Å². The summed E-state index contributed by atoms with van der Waals surface area (Å²) in [7, 11) is 0. The molecule has 1 saturated heterocycles. The van der Waals surface area contributed by atoms with Crippen molar-refractivity contribution in [3.8, 4) is 0 Å². The minimum absolute atomic E-state index is 0.123. The number of thiazole rings is 1. The average Bonchev–Trinajstić information content (AvgIpc) is 3.23. The molecule has 1 amide bonds. The number of nitrogens with one attached hydrogen (secondary N) is 1. The Bertz CT molecular complexity index is 1360. The molecule has 0 bridgehead atoms. The van der Waals surface area contributed by atoms with E-state index >= 15 is 0 Å². The number of amides is 1. The first-order valence-electron chi connectivity index (χ1n) is 10.6. The van der Waals surface area contributed by atoms with E-state index in [9.17, 15) is 9.59 Å². The second-order valence-corrected chi connectivity index (χ2v) is 8.72. The van der Waals surface area contributed by atoms with E-state index in [4.69, 9.17) is 9.72 Å². The zero-order valence-corrected chi connectivity index (χ0v) is 18.5. The van der Waals surface area contributed by atoms with Gasteiger partial charge in [0.1, 0.15) is 5.82 Å². The summed E-state index contributed by atoms with van der Waals surface area (Å²) in [6.45, 7) is 5.17. The van der Waals surface area contributed by atoms with Crippen molar-refractivity contribution in [1.29, 1.82) is 0 Å². The lowest BCUT2D eigenvalue weighted by Gasteiger charge is -2.25. The van der Waals surface area contributed by atoms with Gasteiger partial charge < -0.3 is 15.0 Å². The minimum Gasteiger partial charge on any atom is -0.378 e. The molecule has 5 rings (SSSR count). The Morgan fingerprint density at radius 2 is 1.94 bits per heavy atom. The maximum Gasteiger partial charge on any atom is 0.261 e. The largest absolute Gasteiger partial charge is 0.378 e. The third-order valence-corrected chi connectivity index (χ3v) is 6.64. The van der Waals surface area contributed by atoms with Gasteiger partial charge in [0, 0.05) is 31.7 Å². The Hall–Kier alpha value is -3.30. The van der Waals surface area contributed by atoms with Gasteiger partial charge >= 0.3 is 0 Å². The number of fused-ring (bicyclic) bond motifs is 2. The molecule has 0 unspecified atom stereocenters. The highest BCUT2D eigenvalue weighted by Crippen LogP contribution is 2.31. The highest BCUT2D eigenvalue weighted by atomic mass is 32.1. The molecule has 0 spiro atoms. The zero-order valence-electron chi connectivity index (χ0n) is 17.7. The molecule has 9 heteroatoms. The van der Waals surface area contributed by atoms with Gasteiger partial charge in [0.05, 0.1) is 34.3 Å². The number of carbonyl (C=O) groups is 1. The van der Waals surface area contributed by atoms with Crippen LogP contribution in [0.5, 0.6) is 0 Å². The number of anilines is 2. The number of benzene rings is 2. The molecule has 0 atom stereocenters. The van der Waals surface area contributed by atoms with Crippen molar-refractivity contribution in [1.82, 2.24) is 14.5 Å². The number of hydrogen-bond donors (Lipinski definition) is 1. The van der Waals surface area contributed by atoms with Crippen molar-refractivity contribution in [2.24, 2.45) is 0 Å². The standard InChI is InChI=1S/C23H23N5O3S/c1-15-24-18-5-3-2-4-17(18)22(30)28(15)9-8-21(29)25-16-6-7-19-20(14-16)32-23(26-19)27-10-12-31-13-11-27/h2-7,14H,8-13H2,1H3,(H,25,29). The van der Waals surface area contributed by atoms with Crippen molar-refractivity contribution in [3.05, 3.63) is 58.6 Å². The van der Waals surface area contributed by atoms with Crippen LogP contribution in [-0.2, 0) is 16.1 Å². The van der Waals surface area contributed by atoms with E-state index in [1.807, 2.05) is 36.4 Å². The zero-order chi connectivity index (χ0) is 22.1. The molecule has 1 fully saturated rings. The third-order valence-electron chi connectivity index (χ3n) is 5.56. The van der Waals surface area contributed by atoms with E-state index in [0.717, 1.165) is 34.1 Å². The Morgan fingerprint density at radius 1 is 1.12 bits per heavy atom. The number of ether oxygens (including phenoxy) is 1. The van der Waals surface area contributed by atoms with Gasteiger partial charge in [-0.1, -0.05) is 23.5 Å². The van der Waals surface area contributed by atoms with Gasteiger partial charge in [-0.3, -0.25) is 14.2 Å². The summed E-state index contributed by atoms with van der Waals surface area (Å²) in [5.74, 6) is 0.449. The van der Waals surface area contributed by atoms with Gasteiger partial charge in [-0.15, -0.1) is 0 Å². The fraction of sp³-hybridized carbons (Fsp3) is 0.304. The van der Waals surface area contributed by atoms with Crippen LogP contribution in [0.1, 0.15) is 12.2 Å². The summed E-state index contributed by atoms with van der Waals surface area (Å²) < 4.78 is 7.99. The van der Waals surface area contributed by atoms with Crippen LogP contribution in [0, 0.1) is 6.92 Å². The Kier molecular flexibility index (Phi) is 5.59. The molecule has 0 aliphatic carbocycles. The molecular weight excluding hydrogens is 426 g/mol. The van der Waals surface area contributed by atoms with E-state index in [0.29, 0.717) is 29.9 Å². The van der Waals surface area contributed by atoms with Gasteiger partial charge in [-0.05, 0) is 37.3 Å². The molecule has 2 aromatic heterocycles. The minimum atomic E-state index is -0.151. The van der Waals surface area contributed by atoms with Crippen LogP contribution in [0.25, 0.3) is 21.1 Å². The van der Waals surface area contributed by atoms with Crippen molar-refractivity contribution >= 4 is 49.2 Å². The van der Waals surface area contributed by atoms with Crippen molar-refractivity contribution in [2.75, 3.05) is 36.5 Å². The monoisotopic (exact) mass is 449 g/mol. The number of aromatic nitrogens is 3. The smallest absolute Gasteiger partial charge is 0.261 e. The fourth-order valence-electron chi connectivity index (χ4n) is 3.86. The van der Waals surface area contributed by atoms with Crippen LogP contribution >= 0.6 is 11.3 Å². The lowest BCUT2D eigenvalue weighted by atomic mass is 10.2. The molecule has 4 aromatic rings. The lowest BCUT2D eigenvalue weighted by Crippen LogP contribution is -2.36. The van der Waals surface area contributed by atoms with Gasteiger partial charge in [0.25, 0.3) is 5.56 Å². The highest BCUT2D eigenvalue weighted by Gasteiger charge is 2.16. The van der Waals surface area contributed by atoms with Crippen LogP contribution in [0.3, 0.4) is 0 Å². The first-order chi connectivity index (χ1) is 15.6. The molecule has 0 saturated carbocycles. The van der Waals surface area contributed by atoms with Crippen LogP contribution in [-0.4, -0.2) is 46.7 Å². The molecule has 32 heavy (non-hydrogen) atoms. The molecule has 1 aliphatic rings. The summed E-state index contributed by atoms with van der Waals surface area (Å²) in [5, 5.41) is 4.48. The van der Waals surface area contributed by atoms with Crippen LogP contribution < -0.4 is 15.8 Å². The van der Waals surface area contributed by atoms with Gasteiger partial charge in [-0.25, -0.2) is 9.97 Å². The predicted molar refractivity (Wildman–Crippen MR) is 127 cm³/mol. The molecule has 8 nitrogen and oxygen atoms in total. The van der Waals surface area contributed by atoms with E-state index in [-0.39, 0.29) is 24.4 Å². The average molecular weight is 450 g/mol. The summed E-state index contributed by atoms with van der Waals surface area (Å²) in [4.78, 5) is 36.8. The fourth-order valence-corrected chi connectivity index (χ4v) is 4.92. The molecule has 0 radical (unpaired) electrons. The molecular formula is C23H23N5O3S. The topological polar surface area (TPSA) is 89.3 Å². The number of morpholine rings is 1. The van der Waals surface area contributed by atoms with Crippen molar-refractivity contribution in [2.45, 2.75) is 19.9 Å². The maximum atomic E-state index is 12.8. The summed E-state index contributed by atoms with van der Waals surface area (Å²) in [5.41, 5.74) is 2.19. The molecule has 1 N–H and O–H groups in total. The summed E-state index contributed by atoms with van der Waals surface area (Å²) in [6.07, 6.45) is 0.181. The summed E-state index contributed by atoms with van der Waals surface area (Å²) >= 11 is 1.61. The van der Waals surface area contributed by atoms with E-state index in [2.05, 4.69) is 15.2 Å². The number of carbonyl (C=O) groups excluding carboxylic acids is 1. The number of nitrogens with zero attached hydrogens (tertiary/aromatic N) is 4. The van der Waals surface area contributed by atoms with Crippen LogP contribution in [0.4, 0.5) is 10.8 Å². The molecule has 1 aliphatic heterocycles. The molecule has 3 heterocycles. The van der Waals surface area contributed by atoms with Gasteiger partial charge in [0.2, 0.25) is 5.91 Å². The van der Waals surface area contributed by atoms with Crippen LogP contribution in [0.15, 0.2) is 47.3 Å². The van der Waals surface area contributed by atoms with Crippen molar-refractivity contribution < 1.29 is 9.53 Å². The SMILES string of the molecule is Cc1nc2ccccc2c(=O)n1CCC(=O)Nc1ccc2nc(N3CCOCC3)sc2c1. The van der Waals surface area contributed by atoms with E-state index < -0.39 is 0 Å². The number of para-hydroxylation sites is 1. The Labute approximate surface area is 188 Å². The van der Waals surface area contributed by atoms with E-state index in [1.54, 1.807) is 28.9 Å². The first-order valence-corrected chi connectivity index (χ1v) is 11.4. The normalized spacial score (nSPS) is 14.2. The Balaban J connectivity index is 1.28. The first kappa shape index (κ1) is 20.6. The quantitative estimate of drug-likeness (QED) is 0.503. The van der Waals surface area contributed by atoms with Crippen LogP contribution in [0.2, 0.25) is 0 Å². The number of aryl methyl sites for hydroxylation is 1. The van der Waals surface area contributed by atoms with E-state index in [1.165, 1.54) is 0 Å². The number of hydrogen-bond acceptors (Lipinski definition) is 7. The maximum absolute atomic E-state index is 12.8.